The summed E-state index contributed by atoms with van der Waals surface area (Å²) in [4.78, 5) is 49.7. The number of rotatable bonds is 11. The van der Waals surface area contributed by atoms with Crippen molar-refractivity contribution in [1.29, 1.82) is 0 Å². The molecule has 1 atom stereocenters. The number of alkyl carbamates (subject to hydrolysis) is 1. The Bertz CT molecular complexity index is 1080. The van der Waals surface area contributed by atoms with Crippen LogP contribution in [-0.4, -0.2) is 49.1 Å². The molecular formula is C31H44N2O7. The third-order valence-corrected chi connectivity index (χ3v) is 5.55. The van der Waals surface area contributed by atoms with Crippen LogP contribution < -0.4 is 10.6 Å². The SMILES string of the molecule is CC(C)C(NC(=O)CNC(=O)OC(C)(C)C)C(=O)C(C)(C)C(=O)OCc1ccccc1.COCc1ccccc1. The van der Waals surface area contributed by atoms with E-state index >= 15 is 0 Å². The number of Topliss-reactive ketones (excluding diaryl/α,β-unsaturated/α-hetero) is 1. The standard InChI is InChI=1S/C23H34N2O6.C8H10O/c1-15(2)18(25-17(26)13-24-21(29)31-22(3,4)5)19(27)23(6,7)20(28)30-14-16-11-9-8-10-12-16;1-9-7-8-5-3-2-4-6-8/h8-12,15,18H,13-14H2,1-7H3,(H,24,29)(H,25,26);2-6H,7H2,1H3. The number of carbonyl (C=O) groups is 4. The molecule has 0 aliphatic carbocycles. The number of ketones is 1. The van der Waals surface area contributed by atoms with E-state index in [9.17, 15) is 19.2 Å². The molecule has 9 heteroatoms. The Balaban J connectivity index is 0.000000747. The first-order valence-electron chi connectivity index (χ1n) is 13.2. The maximum Gasteiger partial charge on any atom is 0.408 e. The van der Waals surface area contributed by atoms with Gasteiger partial charge in [0.05, 0.1) is 12.6 Å². The van der Waals surface area contributed by atoms with E-state index < -0.39 is 40.8 Å². The Kier molecular flexibility index (Phi) is 14.1. The third-order valence-electron chi connectivity index (χ3n) is 5.55. The molecule has 2 rings (SSSR count). The van der Waals surface area contributed by atoms with Crippen LogP contribution in [-0.2, 0) is 41.8 Å². The number of hydrogen-bond donors (Lipinski definition) is 2. The van der Waals surface area contributed by atoms with Crippen molar-refractivity contribution in [2.45, 2.75) is 73.3 Å². The molecule has 2 amide bonds. The van der Waals surface area contributed by atoms with Gasteiger partial charge < -0.3 is 24.8 Å². The first-order chi connectivity index (χ1) is 18.7. The van der Waals surface area contributed by atoms with E-state index in [4.69, 9.17) is 14.2 Å². The predicted octanol–water partition coefficient (Wildman–Crippen LogP) is 4.82. The van der Waals surface area contributed by atoms with Crippen LogP contribution in [0.2, 0.25) is 0 Å². The summed E-state index contributed by atoms with van der Waals surface area (Å²) in [6.07, 6.45) is -0.736. The molecule has 2 aromatic rings. The highest BCUT2D eigenvalue weighted by Crippen LogP contribution is 2.24. The van der Waals surface area contributed by atoms with Gasteiger partial charge in [-0.15, -0.1) is 0 Å². The summed E-state index contributed by atoms with van der Waals surface area (Å²) >= 11 is 0. The van der Waals surface area contributed by atoms with Crippen LogP contribution in [0.3, 0.4) is 0 Å². The van der Waals surface area contributed by atoms with Crippen molar-refractivity contribution in [2.24, 2.45) is 11.3 Å². The zero-order valence-electron chi connectivity index (χ0n) is 24.9. The average Bonchev–Trinajstić information content (AvgIpc) is 2.89. The van der Waals surface area contributed by atoms with Crippen molar-refractivity contribution in [1.82, 2.24) is 10.6 Å². The van der Waals surface area contributed by atoms with Gasteiger partial charge in [0.15, 0.2) is 5.78 Å². The van der Waals surface area contributed by atoms with E-state index in [1.54, 1.807) is 41.7 Å². The zero-order chi connectivity index (χ0) is 30.3. The largest absolute Gasteiger partial charge is 0.460 e. The van der Waals surface area contributed by atoms with Gasteiger partial charge in [-0.25, -0.2) is 4.79 Å². The average molecular weight is 557 g/mol. The van der Waals surface area contributed by atoms with Crippen molar-refractivity contribution in [2.75, 3.05) is 13.7 Å². The smallest absolute Gasteiger partial charge is 0.408 e. The van der Waals surface area contributed by atoms with Crippen molar-refractivity contribution < 1.29 is 33.4 Å². The molecule has 220 valence electrons. The van der Waals surface area contributed by atoms with E-state index in [-0.39, 0.29) is 19.1 Å². The van der Waals surface area contributed by atoms with Crippen LogP contribution in [0.4, 0.5) is 4.79 Å². The lowest BCUT2D eigenvalue weighted by atomic mass is 9.80. The number of esters is 1. The van der Waals surface area contributed by atoms with Gasteiger partial charge in [0.1, 0.15) is 24.2 Å². The summed E-state index contributed by atoms with van der Waals surface area (Å²) in [6, 6.07) is 18.3. The zero-order valence-corrected chi connectivity index (χ0v) is 24.9. The number of nitrogens with one attached hydrogen (secondary N) is 2. The second-order valence-corrected chi connectivity index (χ2v) is 11.1. The highest BCUT2D eigenvalue weighted by molar-refractivity contribution is 6.06. The normalized spacial score (nSPS) is 11.9. The van der Waals surface area contributed by atoms with Crippen molar-refractivity contribution in [3.05, 3.63) is 71.8 Å². The summed E-state index contributed by atoms with van der Waals surface area (Å²) < 4.78 is 15.3. The van der Waals surface area contributed by atoms with Crippen LogP contribution in [0.25, 0.3) is 0 Å². The van der Waals surface area contributed by atoms with Gasteiger partial charge in [-0.05, 0) is 51.7 Å². The minimum absolute atomic E-state index is 0.0505. The number of benzene rings is 2. The van der Waals surface area contributed by atoms with Crippen LogP contribution in [0, 0.1) is 11.3 Å². The van der Waals surface area contributed by atoms with Crippen LogP contribution in [0.1, 0.15) is 59.6 Å². The minimum Gasteiger partial charge on any atom is -0.460 e. The molecule has 0 fully saturated rings. The molecule has 0 spiro atoms. The quantitative estimate of drug-likeness (QED) is 0.301. The molecule has 0 aliphatic rings. The Morgan fingerprint density at radius 1 is 0.800 bits per heavy atom. The van der Waals surface area contributed by atoms with Crippen LogP contribution in [0.15, 0.2) is 60.7 Å². The maximum atomic E-state index is 13.1. The molecule has 40 heavy (non-hydrogen) atoms. The van der Waals surface area contributed by atoms with Gasteiger partial charge in [0.25, 0.3) is 0 Å². The molecule has 0 aliphatic heterocycles. The summed E-state index contributed by atoms with van der Waals surface area (Å²) in [5.41, 5.74) is -0.127. The van der Waals surface area contributed by atoms with Crippen molar-refractivity contribution in [3.63, 3.8) is 0 Å². The minimum atomic E-state index is -1.46. The monoisotopic (exact) mass is 556 g/mol. The molecule has 1 unspecified atom stereocenters. The lowest BCUT2D eigenvalue weighted by Gasteiger charge is -2.29. The fourth-order valence-electron chi connectivity index (χ4n) is 3.36. The second-order valence-electron chi connectivity index (χ2n) is 11.1. The molecule has 0 bridgehead atoms. The van der Waals surface area contributed by atoms with Gasteiger partial charge in [-0.3, -0.25) is 14.4 Å². The highest BCUT2D eigenvalue weighted by atomic mass is 16.6. The maximum absolute atomic E-state index is 13.1. The summed E-state index contributed by atoms with van der Waals surface area (Å²) in [7, 11) is 1.70. The molecule has 0 saturated heterocycles. The first kappa shape index (κ1) is 34.3. The number of carbonyl (C=O) groups excluding carboxylic acids is 4. The lowest BCUT2D eigenvalue weighted by Crippen LogP contribution is -2.53. The van der Waals surface area contributed by atoms with E-state index in [1.807, 2.05) is 60.7 Å². The topological polar surface area (TPSA) is 120 Å². The number of ether oxygens (including phenoxy) is 3. The molecule has 0 saturated carbocycles. The van der Waals surface area contributed by atoms with Gasteiger partial charge in [-0.1, -0.05) is 74.5 Å². The van der Waals surface area contributed by atoms with Crippen LogP contribution in [0.5, 0.6) is 0 Å². The second kappa shape index (κ2) is 16.4. The summed E-state index contributed by atoms with van der Waals surface area (Å²) in [6.45, 7) is 12.0. The Morgan fingerprint density at radius 2 is 1.30 bits per heavy atom. The van der Waals surface area contributed by atoms with Crippen molar-refractivity contribution >= 4 is 23.8 Å². The highest BCUT2D eigenvalue weighted by Gasteiger charge is 2.43. The van der Waals surface area contributed by atoms with Crippen molar-refractivity contribution in [3.8, 4) is 0 Å². The first-order valence-corrected chi connectivity index (χ1v) is 13.2. The molecular weight excluding hydrogens is 512 g/mol. The molecule has 0 aromatic heterocycles. The molecule has 2 N–H and O–H groups in total. The number of amides is 2. The Morgan fingerprint density at radius 3 is 1.75 bits per heavy atom. The third kappa shape index (κ3) is 12.9. The van der Waals surface area contributed by atoms with Gasteiger partial charge in [0.2, 0.25) is 5.91 Å². The molecule has 0 heterocycles. The molecule has 0 radical (unpaired) electrons. The fourth-order valence-corrected chi connectivity index (χ4v) is 3.36. The summed E-state index contributed by atoms with van der Waals surface area (Å²) in [5.74, 6) is -1.98. The van der Waals surface area contributed by atoms with Gasteiger partial charge >= 0.3 is 12.1 Å². The summed E-state index contributed by atoms with van der Waals surface area (Å²) in [5, 5.41) is 4.95. The van der Waals surface area contributed by atoms with E-state index in [1.165, 1.54) is 19.4 Å². The predicted molar refractivity (Wildman–Crippen MR) is 153 cm³/mol. The Hall–Kier alpha value is -3.72. The van der Waals surface area contributed by atoms with Gasteiger partial charge in [0, 0.05) is 7.11 Å². The van der Waals surface area contributed by atoms with Crippen LogP contribution >= 0.6 is 0 Å². The van der Waals surface area contributed by atoms with Gasteiger partial charge in [-0.2, -0.15) is 0 Å². The number of methoxy groups -OCH3 is 1. The molecule has 2 aromatic carbocycles. The molecule has 9 nitrogen and oxygen atoms in total. The van der Waals surface area contributed by atoms with E-state index in [2.05, 4.69) is 10.6 Å². The number of hydrogen-bond acceptors (Lipinski definition) is 7. The Labute approximate surface area is 238 Å². The fraction of sp³-hybridized carbons (Fsp3) is 0.484. The van der Waals surface area contributed by atoms with E-state index in [0.29, 0.717) is 6.61 Å². The lowest BCUT2D eigenvalue weighted by molar-refractivity contribution is -0.160. The van der Waals surface area contributed by atoms with E-state index in [0.717, 1.165) is 5.56 Å².